The topological polar surface area (TPSA) is 81.2 Å². The molecule has 0 saturated carbocycles. The summed E-state index contributed by atoms with van der Waals surface area (Å²) in [5.74, 6) is 3.57. The lowest BCUT2D eigenvalue weighted by molar-refractivity contribution is 0.327. The minimum atomic E-state index is 0.554. The van der Waals surface area contributed by atoms with E-state index in [-0.39, 0.29) is 0 Å². The Hall–Kier alpha value is -3.94. The molecule has 0 fully saturated rings. The molecule has 4 aromatic rings. The van der Waals surface area contributed by atoms with Crippen molar-refractivity contribution in [3.8, 4) is 34.5 Å². The average Bonchev–Trinajstić information content (AvgIpc) is 2.90. The number of nitrogens with zero attached hydrogens (tertiary/aromatic N) is 2. The highest BCUT2D eigenvalue weighted by atomic mass is 16.5. The van der Waals surface area contributed by atoms with Crippen LogP contribution in [0.5, 0.6) is 34.5 Å². The number of ether oxygens (including phenoxy) is 6. The van der Waals surface area contributed by atoms with Crippen molar-refractivity contribution in [1.29, 1.82) is 0 Å². The van der Waals surface area contributed by atoms with Gasteiger partial charge in [0.25, 0.3) is 0 Å². The van der Waals surface area contributed by atoms with Gasteiger partial charge in [0.15, 0.2) is 23.0 Å². The summed E-state index contributed by atoms with van der Waals surface area (Å²) in [6.07, 6.45) is 5.86. The van der Waals surface area contributed by atoms with Crippen molar-refractivity contribution in [2.24, 2.45) is 0 Å². The van der Waals surface area contributed by atoms with Gasteiger partial charge in [-0.25, -0.2) is 0 Å². The minimum absolute atomic E-state index is 0.554. The lowest BCUT2D eigenvalue weighted by Gasteiger charge is -2.17. The van der Waals surface area contributed by atoms with Crippen molar-refractivity contribution in [2.45, 2.75) is 19.3 Å². The Balaban J connectivity index is 1.71. The van der Waals surface area contributed by atoms with Crippen LogP contribution < -0.4 is 28.4 Å². The summed E-state index contributed by atoms with van der Waals surface area (Å²) in [5, 5.41) is 3.79. The zero-order chi connectivity index (χ0) is 24.9. The largest absolute Gasteiger partial charge is 0.493 e. The summed E-state index contributed by atoms with van der Waals surface area (Å²) < 4.78 is 33.6. The third kappa shape index (κ3) is 4.32. The van der Waals surface area contributed by atoms with Gasteiger partial charge in [-0.3, -0.25) is 9.97 Å². The van der Waals surface area contributed by atoms with Crippen LogP contribution in [0, 0.1) is 0 Å². The number of methoxy groups -OCH3 is 6. The number of hydrogen-bond acceptors (Lipinski definition) is 8. The second-order valence-electron chi connectivity index (χ2n) is 7.86. The van der Waals surface area contributed by atoms with Crippen LogP contribution in [0.3, 0.4) is 0 Å². The van der Waals surface area contributed by atoms with Crippen molar-refractivity contribution < 1.29 is 28.4 Å². The van der Waals surface area contributed by atoms with Crippen LogP contribution in [0.15, 0.2) is 36.7 Å². The molecule has 0 saturated heterocycles. The zero-order valence-corrected chi connectivity index (χ0v) is 20.9. The fraction of sp³-hybridized carbons (Fsp3) is 0.333. The van der Waals surface area contributed by atoms with E-state index in [1.807, 2.05) is 24.3 Å². The lowest BCUT2D eigenvalue weighted by Crippen LogP contribution is -2.02. The number of benzene rings is 2. The molecule has 8 nitrogen and oxygen atoms in total. The van der Waals surface area contributed by atoms with Crippen molar-refractivity contribution in [3.05, 3.63) is 48.0 Å². The lowest BCUT2D eigenvalue weighted by atomic mass is 10.0. The smallest absolute Gasteiger partial charge is 0.204 e. The molecule has 0 aliphatic rings. The van der Waals surface area contributed by atoms with E-state index in [0.717, 1.165) is 52.2 Å². The Bertz CT molecular complexity index is 1250. The van der Waals surface area contributed by atoms with Gasteiger partial charge in [0.05, 0.1) is 54.0 Å². The Kier molecular flexibility index (Phi) is 7.29. The van der Waals surface area contributed by atoms with Crippen LogP contribution >= 0.6 is 0 Å². The molecule has 0 radical (unpaired) electrons. The maximum Gasteiger partial charge on any atom is 0.204 e. The summed E-state index contributed by atoms with van der Waals surface area (Å²) in [4.78, 5) is 9.33. The standard InChI is InChI=1S/C27H30N2O6/c1-30-20-14-16-10-12-28-18(22(16)26(34-5)24(20)32-3)8-7-9-19-23-17(11-13-29-19)15-21(31-2)25(33-4)27(23)35-6/h10-15H,7-9H2,1-6H3. The van der Waals surface area contributed by atoms with E-state index in [2.05, 4.69) is 9.97 Å². The molecule has 2 aromatic carbocycles. The van der Waals surface area contributed by atoms with Crippen LogP contribution in [0.25, 0.3) is 21.5 Å². The summed E-state index contributed by atoms with van der Waals surface area (Å²) in [7, 11) is 9.68. The maximum absolute atomic E-state index is 5.73. The summed E-state index contributed by atoms with van der Waals surface area (Å²) >= 11 is 0. The third-order valence-corrected chi connectivity index (χ3v) is 6.09. The summed E-state index contributed by atoms with van der Waals surface area (Å²) in [6, 6.07) is 7.78. The number of aromatic nitrogens is 2. The molecule has 35 heavy (non-hydrogen) atoms. The molecule has 0 N–H and O–H groups in total. The highest BCUT2D eigenvalue weighted by Crippen LogP contribution is 2.45. The molecule has 2 heterocycles. The number of hydrogen-bond donors (Lipinski definition) is 0. The van der Waals surface area contributed by atoms with Crippen molar-refractivity contribution in [3.63, 3.8) is 0 Å². The zero-order valence-electron chi connectivity index (χ0n) is 20.9. The Morgan fingerprint density at radius 2 is 0.943 bits per heavy atom. The first-order chi connectivity index (χ1) is 17.1. The van der Waals surface area contributed by atoms with Gasteiger partial charge in [0.2, 0.25) is 11.5 Å². The SMILES string of the molecule is COc1cc2ccnc(CCCc3nccc4cc(OC)c(OC)c(OC)c34)c2c(OC)c1OC. The first kappa shape index (κ1) is 24.2. The number of pyridine rings is 2. The van der Waals surface area contributed by atoms with Gasteiger partial charge in [0.1, 0.15) is 0 Å². The van der Waals surface area contributed by atoms with Gasteiger partial charge in [-0.1, -0.05) is 0 Å². The normalized spacial score (nSPS) is 10.9. The molecule has 0 atom stereocenters. The van der Waals surface area contributed by atoms with Gasteiger partial charge in [-0.15, -0.1) is 0 Å². The van der Waals surface area contributed by atoms with E-state index in [4.69, 9.17) is 28.4 Å². The monoisotopic (exact) mass is 478 g/mol. The second-order valence-corrected chi connectivity index (χ2v) is 7.86. The Morgan fingerprint density at radius 1 is 0.543 bits per heavy atom. The number of rotatable bonds is 10. The van der Waals surface area contributed by atoms with E-state index in [9.17, 15) is 0 Å². The molecule has 0 aliphatic heterocycles. The van der Waals surface area contributed by atoms with Gasteiger partial charge in [-0.2, -0.15) is 0 Å². The second kappa shape index (κ2) is 10.5. The molecule has 0 unspecified atom stereocenters. The van der Waals surface area contributed by atoms with Crippen LogP contribution in [0.2, 0.25) is 0 Å². The van der Waals surface area contributed by atoms with E-state index in [1.54, 1.807) is 55.1 Å². The maximum atomic E-state index is 5.73. The van der Waals surface area contributed by atoms with Gasteiger partial charge < -0.3 is 28.4 Å². The van der Waals surface area contributed by atoms with E-state index < -0.39 is 0 Å². The molecule has 0 amide bonds. The molecule has 184 valence electrons. The van der Waals surface area contributed by atoms with Crippen molar-refractivity contribution >= 4 is 21.5 Å². The first-order valence-electron chi connectivity index (χ1n) is 11.2. The molecule has 0 aliphatic carbocycles. The molecule has 4 rings (SSSR count). The predicted molar refractivity (Wildman–Crippen MR) is 135 cm³/mol. The number of fused-ring (bicyclic) bond motifs is 2. The summed E-state index contributed by atoms with van der Waals surface area (Å²) in [5.41, 5.74) is 1.85. The molecular weight excluding hydrogens is 448 g/mol. The van der Waals surface area contributed by atoms with Crippen LogP contribution in [0.4, 0.5) is 0 Å². The van der Waals surface area contributed by atoms with Gasteiger partial charge in [-0.05, 0) is 54.3 Å². The molecule has 8 heteroatoms. The van der Waals surface area contributed by atoms with Gasteiger partial charge >= 0.3 is 0 Å². The molecule has 0 bridgehead atoms. The van der Waals surface area contributed by atoms with E-state index in [0.29, 0.717) is 34.5 Å². The van der Waals surface area contributed by atoms with Gasteiger partial charge in [0, 0.05) is 23.2 Å². The van der Waals surface area contributed by atoms with Crippen LogP contribution in [0.1, 0.15) is 17.8 Å². The van der Waals surface area contributed by atoms with E-state index >= 15 is 0 Å². The highest BCUT2D eigenvalue weighted by molar-refractivity contribution is 5.95. The van der Waals surface area contributed by atoms with E-state index in [1.165, 1.54) is 0 Å². The quantitative estimate of drug-likeness (QED) is 0.315. The van der Waals surface area contributed by atoms with Crippen LogP contribution in [-0.2, 0) is 12.8 Å². The van der Waals surface area contributed by atoms with Crippen molar-refractivity contribution in [1.82, 2.24) is 9.97 Å². The van der Waals surface area contributed by atoms with Crippen LogP contribution in [-0.4, -0.2) is 52.6 Å². The minimum Gasteiger partial charge on any atom is -0.493 e. The third-order valence-electron chi connectivity index (χ3n) is 6.09. The summed E-state index contributed by atoms with van der Waals surface area (Å²) in [6.45, 7) is 0. The number of aryl methyl sites for hydroxylation is 2. The Morgan fingerprint density at radius 3 is 1.29 bits per heavy atom. The molecule has 0 spiro atoms. The van der Waals surface area contributed by atoms with Crippen molar-refractivity contribution in [2.75, 3.05) is 42.7 Å². The predicted octanol–water partition coefficient (Wildman–Crippen LogP) is 5.01. The highest BCUT2D eigenvalue weighted by Gasteiger charge is 2.21. The molecule has 2 aromatic heterocycles. The first-order valence-corrected chi connectivity index (χ1v) is 11.2. The Labute approximate surface area is 204 Å². The fourth-order valence-corrected chi connectivity index (χ4v) is 4.56. The fourth-order valence-electron chi connectivity index (χ4n) is 4.56. The average molecular weight is 479 g/mol. The molecular formula is C27H30N2O6.